The summed E-state index contributed by atoms with van der Waals surface area (Å²) in [5.41, 5.74) is 0. The lowest BCUT2D eigenvalue weighted by Gasteiger charge is -2.14. The molecule has 1 aliphatic rings. The molecule has 112 valence electrons. The van der Waals surface area contributed by atoms with Crippen LogP contribution < -0.4 is 5.32 Å². The van der Waals surface area contributed by atoms with E-state index >= 15 is 0 Å². The third-order valence-electron chi connectivity index (χ3n) is 3.67. The first-order chi connectivity index (χ1) is 10.3. The lowest BCUT2D eigenvalue weighted by Crippen LogP contribution is -2.33. The smallest absolute Gasteiger partial charge is 0.287 e. The number of furan rings is 1. The van der Waals surface area contributed by atoms with Gasteiger partial charge in [-0.15, -0.1) is 0 Å². The van der Waals surface area contributed by atoms with Gasteiger partial charge in [0, 0.05) is 25.5 Å². The molecule has 0 atom stereocenters. The Labute approximate surface area is 123 Å². The number of rotatable bonds is 6. The second kappa shape index (κ2) is 6.58. The summed E-state index contributed by atoms with van der Waals surface area (Å²) in [6.45, 7) is 4.39. The summed E-state index contributed by atoms with van der Waals surface area (Å²) in [6.07, 6.45) is 6.11. The largest absolute Gasteiger partial charge is 0.454 e. The number of nitrogens with one attached hydrogen (secondary N) is 1. The van der Waals surface area contributed by atoms with Crippen LogP contribution in [-0.4, -0.2) is 46.8 Å². The van der Waals surface area contributed by atoms with E-state index in [0.717, 1.165) is 25.4 Å². The van der Waals surface area contributed by atoms with Crippen LogP contribution in [0.4, 0.5) is 0 Å². The van der Waals surface area contributed by atoms with Crippen molar-refractivity contribution < 1.29 is 9.21 Å². The zero-order chi connectivity index (χ0) is 14.5. The molecule has 1 N–H and O–H groups in total. The lowest BCUT2D eigenvalue weighted by molar-refractivity contribution is 0.0920. The molecule has 0 spiro atoms. The summed E-state index contributed by atoms with van der Waals surface area (Å²) in [5.74, 6) is 0.933. The average Bonchev–Trinajstić information content (AvgIpc) is 3.20. The van der Waals surface area contributed by atoms with Crippen molar-refractivity contribution in [3.8, 4) is 0 Å². The Hall–Kier alpha value is -2.08. The van der Waals surface area contributed by atoms with Crippen molar-refractivity contribution in [2.45, 2.75) is 19.4 Å². The van der Waals surface area contributed by atoms with Crippen molar-refractivity contribution in [3.05, 3.63) is 42.1 Å². The Bertz CT molecular complexity index is 570. The summed E-state index contributed by atoms with van der Waals surface area (Å²) in [7, 11) is 0. The molecule has 1 saturated heterocycles. The molecule has 21 heavy (non-hydrogen) atoms. The molecule has 0 unspecified atom stereocenters. The van der Waals surface area contributed by atoms with Gasteiger partial charge >= 0.3 is 0 Å². The summed E-state index contributed by atoms with van der Waals surface area (Å²) < 4.78 is 7.31. The zero-order valence-electron chi connectivity index (χ0n) is 12.0. The minimum absolute atomic E-state index is 0.152. The maximum absolute atomic E-state index is 12.0. The number of nitrogens with zero attached hydrogens (tertiary/aromatic N) is 3. The topological polar surface area (TPSA) is 63.3 Å². The Balaban J connectivity index is 1.47. The Morgan fingerprint density at radius 3 is 2.95 bits per heavy atom. The SMILES string of the molecule is O=C(NCCN1CCCC1)c1ccc(Cn2cccn2)o1. The quantitative estimate of drug-likeness (QED) is 0.871. The number of amides is 1. The van der Waals surface area contributed by atoms with Gasteiger partial charge in [-0.05, 0) is 44.1 Å². The van der Waals surface area contributed by atoms with Crippen molar-refractivity contribution in [2.24, 2.45) is 0 Å². The molecule has 0 aromatic carbocycles. The van der Waals surface area contributed by atoms with Gasteiger partial charge in [-0.1, -0.05) is 0 Å². The molecule has 0 bridgehead atoms. The van der Waals surface area contributed by atoms with Crippen LogP contribution in [0, 0.1) is 0 Å². The molecule has 2 aromatic rings. The Morgan fingerprint density at radius 2 is 2.19 bits per heavy atom. The maximum atomic E-state index is 12.0. The molecule has 2 aromatic heterocycles. The molecule has 0 radical (unpaired) electrons. The highest BCUT2D eigenvalue weighted by atomic mass is 16.4. The van der Waals surface area contributed by atoms with E-state index < -0.39 is 0 Å². The van der Waals surface area contributed by atoms with E-state index in [9.17, 15) is 4.79 Å². The highest BCUT2D eigenvalue weighted by Gasteiger charge is 2.13. The van der Waals surface area contributed by atoms with Crippen LogP contribution in [0.25, 0.3) is 0 Å². The zero-order valence-corrected chi connectivity index (χ0v) is 12.0. The van der Waals surface area contributed by atoms with Crippen LogP contribution >= 0.6 is 0 Å². The Morgan fingerprint density at radius 1 is 1.33 bits per heavy atom. The summed E-state index contributed by atoms with van der Waals surface area (Å²) in [5, 5.41) is 7.01. The van der Waals surface area contributed by atoms with Gasteiger partial charge in [0.05, 0.1) is 6.54 Å². The number of aromatic nitrogens is 2. The van der Waals surface area contributed by atoms with E-state index in [1.165, 1.54) is 12.8 Å². The molecule has 3 rings (SSSR count). The summed E-state index contributed by atoms with van der Waals surface area (Å²) in [4.78, 5) is 14.4. The van der Waals surface area contributed by atoms with Crippen molar-refractivity contribution >= 4 is 5.91 Å². The van der Waals surface area contributed by atoms with Crippen LogP contribution in [0.1, 0.15) is 29.2 Å². The number of carbonyl (C=O) groups excluding carboxylic acids is 1. The molecular formula is C15H20N4O2. The first kappa shape index (κ1) is 13.9. The van der Waals surface area contributed by atoms with Gasteiger partial charge in [0.15, 0.2) is 5.76 Å². The van der Waals surface area contributed by atoms with Gasteiger partial charge in [-0.25, -0.2) is 0 Å². The standard InChI is InChI=1S/C15H20N4O2/c20-15(16-7-11-18-8-1-2-9-18)14-5-4-13(21-14)12-19-10-3-6-17-19/h3-6,10H,1-2,7-9,11-12H2,(H,16,20). The van der Waals surface area contributed by atoms with Gasteiger partial charge in [-0.3, -0.25) is 9.48 Å². The van der Waals surface area contributed by atoms with Crippen molar-refractivity contribution in [3.63, 3.8) is 0 Å². The fraction of sp³-hybridized carbons (Fsp3) is 0.467. The lowest BCUT2D eigenvalue weighted by atomic mass is 10.4. The molecule has 1 fully saturated rings. The third-order valence-corrected chi connectivity index (χ3v) is 3.67. The van der Waals surface area contributed by atoms with Crippen LogP contribution in [0.2, 0.25) is 0 Å². The average molecular weight is 288 g/mol. The van der Waals surface area contributed by atoms with Gasteiger partial charge in [-0.2, -0.15) is 5.10 Å². The number of hydrogen-bond donors (Lipinski definition) is 1. The highest BCUT2D eigenvalue weighted by molar-refractivity contribution is 5.91. The number of carbonyl (C=O) groups is 1. The van der Waals surface area contributed by atoms with E-state index in [4.69, 9.17) is 4.42 Å². The van der Waals surface area contributed by atoms with Gasteiger partial charge in [0.25, 0.3) is 5.91 Å². The first-order valence-electron chi connectivity index (χ1n) is 7.38. The fourth-order valence-corrected chi connectivity index (χ4v) is 2.56. The van der Waals surface area contributed by atoms with Crippen molar-refractivity contribution in [2.75, 3.05) is 26.2 Å². The van der Waals surface area contributed by atoms with Crippen molar-refractivity contribution in [1.82, 2.24) is 20.0 Å². The predicted molar refractivity (Wildman–Crippen MR) is 78.0 cm³/mol. The van der Waals surface area contributed by atoms with E-state index in [0.29, 0.717) is 18.8 Å². The normalized spacial score (nSPS) is 15.4. The summed E-state index contributed by atoms with van der Waals surface area (Å²) in [6, 6.07) is 5.38. The van der Waals surface area contributed by atoms with Gasteiger partial charge in [0.1, 0.15) is 5.76 Å². The minimum atomic E-state index is -0.152. The molecule has 3 heterocycles. The van der Waals surface area contributed by atoms with E-state index in [1.807, 2.05) is 18.3 Å². The van der Waals surface area contributed by atoms with Gasteiger partial charge < -0.3 is 14.6 Å². The third kappa shape index (κ3) is 3.72. The summed E-state index contributed by atoms with van der Waals surface area (Å²) >= 11 is 0. The van der Waals surface area contributed by atoms with Crippen molar-refractivity contribution in [1.29, 1.82) is 0 Å². The number of hydrogen-bond acceptors (Lipinski definition) is 4. The van der Waals surface area contributed by atoms with Crippen LogP contribution in [0.15, 0.2) is 35.0 Å². The maximum Gasteiger partial charge on any atom is 0.287 e. The van der Waals surface area contributed by atoms with E-state index in [-0.39, 0.29) is 5.91 Å². The minimum Gasteiger partial charge on any atom is -0.454 e. The second-order valence-electron chi connectivity index (χ2n) is 5.27. The van der Waals surface area contributed by atoms with E-state index in [2.05, 4.69) is 15.3 Å². The van der Waals surface area contributed by atoms with Crippen LogP contribution in [0.3, 0.4) is 0 Å². The fourth-order valence-electron chi connectivity index (χ4n) is 2.56. The molecule has 0 aliphatic carbocycles. The monoisotopic (exact) mass is 288 g/mol. The number of likely N-dealkylation sites (tertiary alicyclic amines) is 1. The molecule has 0 saturated carbocycles. The van der Waals surface area contributed by atoms with E-state index in [1.54, 1.807) is 16.9 Å². The van der Waals surface area contributed by atoms with Gasteiger partial charge in [0.2, 0.25) is 0 Å². The second-order valence-corrected chi connectivity index (χ2v) is 5.27. The molecule has 6 nitrogen and oxygen atoms in total. The highest BCUT2D eigenvalue weighted by Crippen LogP contribution is 2.09. The Kier molecular flexibility index (Phi) is 4.35. The molecule has 1 amide bonds. The molecular weight excluding hydrogens is 268 g/mol. The van der Waals surface area contributed by atoms with Crippen LogP contribution in [-0.2, 0) is 6.54 Å². The predicted octanol–water partition coefficient (Wildman–Crippen LogP) is 1.35. The molecule has 1 aliphatic heterocycles. The molecule has 6 heteroatoms. The first-order valence-corrected chi connectivity index (χ1v) is 7.38. The van der Waals surface area contributed by atoms with Crippen LogP contribution in [0.5, 0.6) is 0 Å².